The first-order valence-electron chi connectivity index (χ1n) is 6.76. The highest BCUT2D eigenvalue weighted by molar-refractivity contribution is 6.31. The van der Waals surface area contributed by atoms with E-state index in [1.165, 1.54) is 0 Å². The zero-order valence-electron chi connectivity index (χ0n) is 11.6. The van der Waals surface area contributed by atoms with E-state index in [1.54, 1.807) is 11.0 Å². The van der Waals surface area contributed by atoms with Gasteiger partial charge in [-0.1, -0.05) is 29.8 Å². The Bertz CT molecular complexity index is 516. The number of benzene rings is 1. The quantitative estimate of drug-likeness (QED) is 0.878. The average molecular weight is 312 g/mol. The lowest BCUT2D eigenvalue weighted by Gasteiger charge is -2.33. The standard InChI is InChI=1S/C14H18ClN3O3/c15-12-4-2-1-3-11(12)9-16-14(21)18-7-5-17(6-8-18)10-13(19)20/h1-4H,5-10H2,(H,16,21)(H,19,20). The molecule has 1 saturated heterocycles. The number of carbonyl (C=O) groups excluding carboxylic acids is 1. The molecular weight excluding hydrogens is 294 g/mol. The number of nitrogens with one attached hydrogen (secondary N) is 1. The van der Waals surface area contributed by atoms with Crippen LogP contribution in [0.5, 0.6) is 0 Å². The van der Waals surface area contributed by atoms with Crippen LogP contribution in [0.3, 0.4) is 0 Å². The van der Waals surface area contributed by atoms with Crippen molar-refractivity contribution >= 4 is 23.6 Å². The van der Waals surface area contributed by atoms with E-state index < -0.39 is 5.97 Å². The minimum Gasteiger partial charge on any atom is -0.480 e. The summed E-state index contributed by atoms with van der Waals surface area (Å²) in [5, 5.41) is 12.2. The van der Waals surface area contributed by atoms with Crippen LogP contribution in [-0.2, 0) is 11.3 Å². The molecule has 1 aliphatic rings. The average Bonchev–Trinajstić information content (AvgIpc) is 2.46. The lowest BCUT2D eigenvalue weighted by Crippen LogP contribution is -2.52. The van der Waals surface area contributed by atoms with Crippen LogP contribution in [0.15, 0.2) is 24.3 Å². The summed E-state index contributed by atoms with van der Waals surface area (Å²) in [6.45, 7) is 2.61. The van der Waals surface area contributed by atoms with E-state index in [0.717, 1.165) is 5.56 Å². The zero-order valence-corrected chi connectivity index (χ0v) is 12.3. The molecule has 1 fully saturated rings. The fraction of sp³-hybridized carbons (Fsp3) is 0.429. The minimum atomic E-state index is -0.841. The van der Waals surface area contributed by atoms with Crippen LogP contribution in [-0.4, -0.2) is 59.6 Å². The molecule has 1 heterocycles. The number of hydrogen-bond acceptors (Lipinski definition) is 3. The summed E-state index contributed by atoms with van der Waals surface area (Å²) < 4.78 is 0. The topological polar surface area (TPSA) is 72.9 Å². The van der Waals surface area contributed by atoms with Crippen molar-refractivity contribution in [1.29, 1.82) is 0 Å². The SMILES string of the molecule is O=C(O)CN1CCN(C(=O)NCc2ccccc2Cl)CC1. The van der Waals surface area contributed by atoms with Crippen LogP contribution in [0, 0.1) is 0 Å². The fourth-order valence-electron chi connectivity index (χ4n) is 2.22. The third kappa shape index (κ3) is 4.61. The molecule has 2 N–H and O–H groups in total. The summed E-state index contributed by atoms with van der Waals surface area (Å²) >= 11 is 6.03. The van der Waals surface area contributed by atoms with Gasteiger partial charge in [0.2, 0.25) is 0 Å². The van der Waals surface area contributed by atoms with E-state index in [1.807, 2.05) is 23.1 Å². The van der Waals surface area contributed by atoms with Crippen molar-refractivity contribution in [1.82, 2.24) is 15.1 Å². The molecule has 6 nitrogen and oxygen atoms in total. The van der Waals surface area contributed by atoms with E-state index >= 15 is 0 Å². The number of hydrogen-bond donors (Lipinski definition) is 2. The number of nitrogens with zero attached hydrogens (tertiary/aromatic N) is 2. The molecule has 0 unspecified atom stereocenters. The highest BCUT2D eigenvalue weighted by Crippen LogP contribution is 2.14. The van der Waals surface area contributed by atoms with Gasteiger partial charge in [-0.25, -0.2) is 4.79 Å². The van der Waals surface area contributed by atoms with E-state index in [-0.39, 0.29) is 12.6 Å². The third-order valence-corrected chi connectivity index (χ3v) is 3.78. The minimum absolute atomic E-state index is 0.0229. The van der Waals surface area contributed by atoms with Gasteiger partial charge in [-0.05, 0) is 11.6 Å². The van der Waals surface area contributed by atoms with Gasteiger partial charge in [0.15, 0.2) is 0 Å². The summed E-state index contributed by atoms with van der Waals surface area (Å²) in [5.41, 5.74) is 0.872. The second-order valence-corrected chi connectivity index (χ2v) is 5.31. The molecule has 0 bridgehead atoms. The molecule has 2 amide bonds. The van der Waals surface area contributed by atoms with Crippen molar-refractivity contribution < 1.29 is 14.7 Å². The van der Waals surface area contributed by atoms with Gasteiger partial charge in [0.25, 0.3) is 0 Å². The predicted octanol–water partition coefficient (Wildman–Crippen LogP) is 1.25. The van der Waals surface area contributed by atoms with Gasteiger partial charge in [0.05, 0.1) is 6.54 Å². The number of carboxylic acid groups (broad SMARTS) is 1. The summed E-state index contributed by atoms with van der Waals surface area (Å²) in [6, 6.07) is 7.22. The van der Waals surface area contributed by atoms with Crippen molar-refractivity contribution in [2.75, 3.05) is 32.7 Å². The number of carboxylic acids is 1. The van der Waals surface area contributed by atoms with Gasteiger partial charge in [-0.15, -0.1) is 0 Å². The Morgan fingerprint density at radius 3 is 2.48 bits per heavy atom. The predicted molar refractivity (Wildman–Crippen MR) is 79.3 cm³/mol. The molecule has 21 heavy (non-hydrogen) atoms. The second-order valence-electron chi connectivity index (χ2n) is 4.91. The summed E-state index contributed by atoms with van der Waals surface area (Å²) in [5.74, 6) is -0.841. The normalized spacial score (nSPS) is 15.8. The number of piperazine rings is 1. The molecule has 1 aliphatic heterocycles. The molecule has 0 aromatic heterocycles. The molecule has 0 saturated carbocycles. The smallest absolute Gasteiger partial charge is 0.317 e. The molecule has 1 aromatic rings. The van der Waals surface area contributed by atoms with Crippen LogP contribution in [0.4, 0.5) is 4.79 Å². The lowest BCUT2D eigenvalue weighted by molar-refractivity contribution is -0.138. The number of amides is 2. The first-order valence-corrected chi connectivity index (χ1v) is 7.14. The van der Waals surface area contributed by atoms with Crippen LogP contribution in [0.2, 0.25) is 5.02 Å². The van der Waals surface area contributed by atoms with Crippen LogP contribution in [0.25, 0.3) is 0 Å². The van der Waals surface area contributed by atoms with Gasteiger partial charge in [0.1, 0.15) is 0 Å². The first kappa shape index (κ1) is 15.6. The van der Waals surface area contributed by atoms with Gasteiger partial charge in [-0.3, -0.25) is 9.69 Å². The largest absolute Gasteiger partial charge is 0.480 e. The lowest BCUT2D eigenvalue weighted by atomic mass is 10.2. The molecule has 0 radical (unpaired) electrons. The Morgan fingerprint density at radius 1 is 1.19 bits per heavy atom. The monoisotopic (exact) mass is 311 g/mol. The van der Waals surface area contributed by atoms with Crippen molar-refractivity contribution in [2.45, 2.75) is 6.54 Å². The highest BCUT2D eigenvalue weighted by atomic mass is 35.5. The van der Waals surface area contributed by atoms with E-state index in [4.69, 9.17) is 16.7 Å². The first-order chi connectivity index (χ1) is 10.1. The number of urea groups is 1. The molecule has 7 heteroatoms. The summed E-state index contributed by atoms with van der Waals surface area (Å²) in [6.07, 6.45) is 0. The van der Waals surface area contributed by atoms with Gasteiger partial charge in [0, 0.05) is 37.7 Å². The number of carbonyl (C=O) groups is 2. The van der Waals surface area contributed by atoms with Crippen molar-refractivity contribution in [3.63, 3.8) is 0 Å². The fourth-order valence-corrected chi connectivity index (χ4v) is 2.43. The molecule has 1 aromatic carbocycles. The second kappa shape index (κ2) is 7.28. The van der Waals surface area contributed by atoms with Gasteiger partial charge >= 0.3 is 12.0 Å². The molecule has 0 spiro atoms. The molecular formula is C14H18ClN3O3. The Balaban J connectivity index is 1.77. The molecule has 0 atom stereocenters. The Labute approximate surface area is 128 Å². The third-order valence-electron chi connectivity index (χ3n) is 3.41. The number of rotatable bonds is 4. The maximum Gasteiger partial charge on any atom is 0.317 e. The van der Waals surface area contributed by atoms with Gasteiger partial charge in [-0.2, -0.15) is 0 Å². The van der Waals surface area contributed by atoms with Gasteiger partial charge < -0.3 is 15.3 Å². The van der Waals surface area contributed by atoms with E-state index in [2.05, 4.69) is 5.32 Å². The maximum absolute atomic E-state index is 12.0. The van der Waals surface area contributed by atoms with Crippen LogP contribution < -0.4 is 5.32 Å². The Kier molecular flexibility index (Phi) is 5.41. The number of halogens is 1. The van der Waals surface area contributed by atoms with Crippen molar-refractivity contribution in [3.05, 3.63) is 34.9 Å². The summed E-state index contributed by atoms with van der Waals surface area (Å²) in [4.78, 5) is 26.2. The van der Waals surface area contributed by atoms with E-state index in [0.29, 0.717) is 37.7 Å². The van der Waals surface area contributed by atoms with Crippen LogP contribution >= 0.6 is 11.6 Å². The highest BCUT2D eigenvalue weighted by Gasteiger charge is 2.22. The van der Waals surface area contributed by atoms with Crippen molar-refractivity contribution in [2.24, 2.45) is 0 Å². The number of aliphatic carboxylic acids is 1. The maximum atomic E-state index is 12.0. The Morgan fingerprint density at radius 2 is 1.86 bits per heavy atom. The Hall–Kier alpha value is -1.79. The van der Waals surface area contributed by atoms with Crippen molar-refractivity contribution in [3.8, 4) is 0 Å². The van der Waals surface area contributed by atoms with E-state index in [9.17, 15) is 9.59 Å². The molecule has 0 aliphatic carbocycles. The molecule has 2 rings (SSSR count). The summed E-state index contributed by atoms with van der Waals surface area (Å²) in [7, 11) is 0. The zero-order chi connectivity index (χ0) is 15.2. The van der Waals surface area contributed by atoms with Crippen LogP contribution in [0.1, 0.15) is 5.56 Å². The molecule has 114 valence electrons.